The van der Waals surface area contributed by atoms with Crippen molar-refractivity contribution in [2.45, 2.75) is 5.03 Å². The highest BCUT2D eigenvalue weighted by atomic mass is 32.2. The molecular weight excluding hydrogens is 264 g/mol. The van der Waals surface area contributed by atoms with Crippen LogP contribution in [0.3, 0.4) is 0 Å². The molecule has 10 heteroatoms. The minimum atomic E-state index is -4.15. The van der Waals surface area contributed by atoms with Gasteiger partial charge in [0.15, 0.2) is 5.03 Å². The number of hydrogen-bond acceptors (Lipinski definition) is 5. The second kappa shape index (κ2) is 5.14. The molecule has 100 valence electrons. The molecule has 1 rings (SSSR count). The minimum Gasteiger partial charge on any atom is -0.480 e. The number of aliphatic carboxylic acids is 1. The summed E-state index contributed by atoms with van der Waals surface area (Å²) in [6.07, 6.45) is 2.45. The summed E-state index contributed by atoms with van der Waals surface area (Å²) in [5.41, 5.74) is 4.89. The highest BCUT2D eigenvalue weighted by Crippen LogP contribution is 2.12. The topological polar surface area (TPSA) is 136 Å². The fourth-order valence-electron chi connectivity index (χ4n) is 1.20. The van der Waals surface area contributed by atoms with Crippen molar-refractivity contribution >= 4 is 21.9 Å². The van der Waals surface area contributed by atoms with Gasteiger partial charge in [-0.25, -0.2) is 13.4 Å². The van der Waals surface area contributed by atoms with Gasteiger partial charge in [-0.1, -0.05) is 0 Å². The Balaban J connectivity index is 3.10. The summed E-state index contributed by atoms with van der Waals surface area (Å²) in [5, 5.41) is 8.29. The molecule has 0 spiro atoms. The van der Waals surface area contributed by atoms with Crippen molar-refractivity contribution in [2.75, 3.05) is 13.1 Å². The Morgan fingerprint density at radius 3 is 2.50 bits per heavy atom. The van der Waals surface area contributed by atoms with E-state index in [1.165, 1.54) is 17.1 Å². The van der Waals surface area contributed by atoms with E-state index in [1.807, 2.05) is 0 Å². The Morgan fingerprint density at radius 1 is 1.50 bits per heavy atom. The van der Waals surface area contributed by atoms with E-state index in [0.29, 0.717) is 4.31 Å². The number of carbonyl (C=O) groups excluding carboxylic acids is 1. The molecule has 0 saturated carbocycles. The summed E-state index contributed by atoms with van der Waals surface area (Å²) in [5.74, 6) is -2.34. The van der Waals surface area contributed by atoms with E-state index >= 15 is 0 Å². The first-order valence-corrected chi connectivity index (χ1v) is 6.15. The molecule has 0 radical (unpaired) electrons. The number of amides is 1. The molecule has 0 aliphatic carbocycles. The summed E-state index contributed by atoms with van der Waals surface area (Å²) < 4.78 is 25.8. The Labute approximate surface area is 103 Å². The Morgan fingerprint density at radius 2 is 2.11 bits per heavy atom. The van der Waals surface area contributed by atoms with Crippen LogP contribution in [-0.4, -0.2) is 52.3 Å². The van der Waals surface area contributed by atoms with Crippen molar-refractivity contribution in [1.29, 1.82) is 0 Å². The summed E-state index contributed by atoms with van der Waals surface area (Å²) in [4.78, 5) is 25.0. The van der Waals surface area contributed by atoms with Crippen LogP contribution in [0, 0.1) is 0 Å². The van der Waals surface area contributed by atoms with E-state index in [0.717, 1.165) is 0 Å². The van der Waals surface area contributed by atoms with Crippen LogP contribution in [0.4, 0.5) is 0 Å². The van der Waals surface area contributed by atoms with E-state index < -0.39 is 35.0 Å². The predicted octanol–water partition coefficient (Wildman–Crippen LogP) is -2.02. The third kappa shape index (κ3) is 3.28. The van der Waals surface area contributed by atoms with Crippen LogP contribution >= 0.6 is 0 Å². The third-order valence-electron chi connectivity index (χ3n) is 1.93. The minimum absolute atomic E-state index is 0.340. The first-order chi connectivity index (χ1) is 8.23. The summed E-state index contributed by atoms with van der Waals surface area (Å²) >= 11 is 0. The molecule has 9 nitrogen and oxygen atoms in total. The molecule has 1 amide bonds. The predicted molar refractivity (Wildman–Crippen MR) is 58.8 cm³/mol. The van der Waals surface area contributed by atoms with E-state index in [2.05, 4.69) is 4.98 Å². The lowest BCUT2D eigenvalue weighted by Crippen LogP contribution is -2.41. The molecule has 0 bridgehead atoms. The van der Waals surface area contributed by atoms with Gasteiger partial charge < -0.3 is 15.4 Å². The number of sulfonamides is 1. The van der Waals surface area contributed by atoms with Crippen molar-refractivity contribution in [2.24, 2.45) is 12.8 Å². The van der Waals surface area contributed by atoms with Crippen LogP contribution in [0.1, 0.15) is 0 Å². The molecule has 0 aliphatic heterocycles. The summed E-state index contributed by atoms with van der Waals surface area (Å²) in [6.45, 7) is -1.58. The van der Waals surface area contributed by atoms with Gasteiger partial charge in [-0.3, -0.25) is 9.59 Å². The Kier molecular flexibility index (Phi) is 4.03. The normalized spacial score (nSPS) is 11.7. The summed E-state index contributed by atoms with van der Waals surface area (Å²) in [7, 11) is -2.59. The number of nitrogens with zero attached hydrogens (tertiary/aromatic N) is 3. The van der Waals surface area contributed by atoms with Gasteiger partial charge in [0.2, 0.25) is 5.91 Å². The number of rotatable bonds is 6. The van der Waals surface area contributed by atoms with Gasteiger partial charge in [0, 0.05) is 13.2 Å². The van der Waals surface area contributed by atoms with Gasteiger partial charge in [0.05, 0.1) is 12.9 Å². The van der Waals surface area contributed by atoms with E-state index in [-0.39, 0.29) is 5.03 Å². The zero-order chi connectivity index (χ0) is 13.9. The number of nitrogens with two attached hydrogens (primary N) is 1. The van der Waals surface area contributed by atoms with Crippen LogP contribution in [0.5, 0.6) is 0 Å². The van der Waals surface area contributed by atoms with Gasteiger partial charge >= 0.3 is 5.97 Å². The average Bonchev–Trinajstić information content (AvgIpc) is 2.63. The molecule has 0 fully saturated rings. The molecule has 1 aromatic heterocycles. The number of hydrogen-bond donors (Lipinski definition) is 2. The van der Waals surface area contributed by atoms with Gasteiger partial charge in [0.25, 0.3) is 10.0 Å². The molecule has 0 atom stereocenters. The second-order valence-electron chi connectivity index (χ2n) is 3.51. The lowest BCUT2D eigenvalue weighted by molar-refractivity contribution is -0.137. The number of carboxylic acids is 1. The van der Waals surface area contributed by atoms with Crippen LogP contribution < -0.4 is 5.73 Å². The highest BCUT2D eigenvalue weighted by Gasteiger charge is 2.29. The average molecular weight is 276 g/mol. The van der Waals surface area contributed by atoms with E-state index in [1.54, 1.807) is 7.05 Å². The number of primary amides is 1. The van der Waals surface area contributed by atoms with Crippen LogP contribution in [-0.2, 0) is 26.7 Å². The molecule has 0 aromatic carbocycles. The fourth-order valence-corrected chi connectivity index (χ4v) is 2.53. The Hall–Kier alpha value is -1.94. The third-order valence-corrected chi connectivity index (χ3v) is 3.61. The summed E-state index contributed by atoms with van der Waals surface area (Å²) in [6, 6.07) is 0. The quantitative estimate of drug-likeness (QED) is 0.615. The number of carboxylic acid groups (broad SMARTS) is 1. The second-order valence-corrected chi connectivity index (χ2v) is 5.40. The Bertz CT molecular complexity index is 548. The number of aryl methyl sites for hydroxylation is 1. The zero-order valence-corrected chi connectivity index (χ0v) is 10.3. The molecule has 1 aromatic rings. The zero-order valence-electron chi connectivity index (χ0n) is 9.48. The van der Waals surface area contributed by atoms with Gasteiger partial charge in [0.1, 0.15) is 6.54 Å². The maximum atomic E-state index is 12.0. The molecular formula is C8H12N4O5S. The lowest BCUT2D eigenvalue weighted by atomic mass is 10.5. The largest absolute Gasteiger partial charge is 0.480 e. The molecule has 18 heavy (non-hydrogen) atoms. The van der Waals surface area contributed by atoms with Gasteiger partial charge in [-0.05, 0) is 0 Å². The smallest absolute Gasteiger partial charge is 0.318 e. The van der Waals surface area contributed by atoms with Gasteiger partial charge in [-0.2, -0.15) is 4.31 Å². The fraction of sp³-hybridized carbons (Fsp3) is 0.375. The maximum absolute atomic E-state index is 12.0. The van der Waals surface area contributed by atoms with Crippen molar-refractivity contribution in [3.05, 3.63) is 12.5 Å². The monoisotopic (exact) mass is 276 g/mol. The number of aromatic nitrogens is 2. The van der Waals surface area contributed by atoms with Crippen molar-refractivity contribution in [3.8, 4) is 0 Å². The van der Waals surface area contributed by atoms with Crippen LogP contribution in [0.2, 0.25) is 0 Å². The SMILES string of the molecule is Cn1cnc(S(=O)(=O)N(CC(N)=O)CC(=O)O)c1. The maximum Gasteiger partial charge on any atom is 0.318 e. The van der Waals surface area contributed by atoms with Crippen molar-refractivity contribution in [3.63, 3.8) is 0 Å². The molecule has 1 heterocycles. The first-order valence-electron chi connectivity index (χ1n) is 4.71. The van der Waals surface area contributed by atoms with E-state index in [9.17, 15) is 18.0 Å². The van der Waals surface area contributed by atoms with Crippen molar-refractivity contribution < 1.29 is 23.1 Å². The van der Waals surface area contributed by atoms with Crippen molar-refractivity contribution in [1.82, 2.24) is 13.9 Å². The molecule has 3 N–H and O–H groups in total. The van der Waals surface area contributed by atoms with Gasteiger partial charge in [-0.15, -0.1) is 0 Å². The lowest BCUT2D eigenvalue weighted by Gasteiger charge is -2.16. The number of carbonyl (C=O) groups is 2. The molecule has 0 aliphatic rings. The molecule has 0 unspecified atom stereocenters. The standard InChI is InChI=1S/C8H12N4O5S/c1-11-3-7(10-5-11)18(16,17)12(2-6(9)13)4-8(14)15/h3,5H,2,4H2,1H3,(H2,9,13)(H,14,15). The number of imidazole rings is 1. The van der Waals surface area contributed by atoms with Crippen LogP contribution in [0.15, 0.2) is 17.6 Å². The highest BCUT2D eigenvalue weighted by molar-refractivity contribution is 7.89. The van der Waals surface area contributed by atoms with E-state index in [4.69, 9.17) is 10.8 Å². The first kappa shape index (κ1) is 14.1. The molecule has 0 saturated heterocycles. The van der Waals surface area contributed by atoms with Crippen LogP contribution in [0.25, 0.3) is 0 Å².